The van der Waals surface area contributed by atoms with E-state index in [9.17, 15) is 10.1 Å². The first kappa shape index (κ1) is 10.3. The third kappa shape index (κ3) is 2.32. The van der Waals surface area contributed by atoms with Crippen LogP contribution in [0.15, 0.2) is 18.2 Å². The molecule has 70 valence electrons. The van der Waals surface area contributed by atoms with Crippen molar-refractivity contribution in [3.8, 4) is 0 Å². The quantitative estimate of drug-likeness (QED) is 0.435. The molecule has 0 amide bonds. The Morgan fingerprint density at radius 1 is 1.46 bits per heavy atom. The molecule has 0 bridgehead atoms. The molecular formula is C8H7Cl2NO2. The van der Waals surface area contributed by atoms with Gasteiger partial charge in [-0.1, -0.05) is 34.8 Å². The maximum atomic E-state index is 10.5. The topological polar surface area (TPSA) is 43.1 Å². The highest BCUT2D eigenvalue weighted by molar-refractivity contribution is 6.44. The molecule has 0 saturated heterocycles. The average molecular weight is 220 g/mol. The highest BCUT2D eigenvalue weighted by Crippen LogP contribution is 2.32. The van der Waals surface area contributed by atoms with Crippen molar-refractivity contribution >= 4 is 28.9 Å². The van der Waals surface area contributed by atoms with Gasteiger partial charge in [0.15, 0.2) is 0 Å². The van der Waals surface area contributed by atoms with Gasteiger partial charge in [-0.2, -0.15) is 0 Å². The molecule has 0 heterocycles. The molecule has 13 heavy (non-hydrogen) atoms. The Morgan fingerprint density at radius 3 is 2.54 bits per heavy atom. The zero-order chi connectivity index (χ0) is 10.0. The van der Waals surface area contributed by atoms with Gasteiger partial charge in [0, 0.05) is 6.07 Å². The van der Waals surface area contributed by atoms with Crippen LogP contribution in [0.2, 0.25) is 0 Å². The van der Waals surface area contributed by atoms with E-state index in [-0.39, 0.29) is 5.69 Å². The van der Waals surface area contributed by atoms with Crippen LogP contribution in [0, 0.1) is 17.0 Å². The minimum Gasteiger partial charge on any atom is -0.258 e. The largest absolute Gasteiger partial charge is 0.275 e. The van der Waals surface area contributed by atoms with E-state index < -0.39 is 9.76 Å². The first-order chi connectivity index (χ1) is 6.02. The number of benzene rings is 1. The van der Waals surface area contributed by atoms with Gasteiger partial charge in [0.25, 0.3) is 5.69 Å². The van der Waals surface area contributed by atoms with E-state index in [0.717, 1.165) is 5.56 Å². The molecule has 0 unspecified atom stereocenters. The number of aryl methyl sites for hydroxylation is 1. The van der Waals surface area contributed by atoms with E-state index in [2.05, 4.69) is 0 Å². The maximum Gasteiger partial charge on any atom is 0.275 e. The van der Waals surface area contributed by atoms with Crippen molar-refractivity contribution in [2.24, 2.45) is 0 Å². The van der Waals surface area contributed by atoms with E-state index in [1.165, 1.54) is 6.07 Å². The lowest BCUT2D eigenvalue weighted by Gasteiger charge is -2.03. The van der Waals surface area contributed by atoms with Gasteiger partial charge in [-0.3, -0.25) is 10.1 Å². The van der Waals surface area contributed by atoms with E-state index in [0.29, 0.717) is 5.56 Å². The number of hydrogen-bond donors (Lipinski definition) is 0. The highest BCUT2D eigenvalue weighted by atomic mass is 35.5. The SMILES string of the molecule is Cc1ccc([N+](=O)[O-])c(C(Cl)Cl)c1. The molecule has 1 aromatic carbocycles. The second-order valence-corrected chi connectivity index (χ2v) is 3.72. The smallest absolute Gasteiger partial charge is 0.258 e. The van der Waals surface area contributed by atoms with Gasteiger partial charge in [-0.05, 0) is 13.0 Å². The summed E-state index contributed by atoms with van der Waals surface area (Å²) < 4.78 is 0. The van der Waals surface area contributed by atoms with E-state index in [1.807, 2.05) is 6.92 Å². The molecule has 0 aromatic heterocycles. The highest BCUT2D eigenvalue weighted by Gasteiger charge is 2.18. The van der Waals surface area contributed by atoms with Crippen molar-refractivity contribution in [2.75, 3.05) is 0 Å². The van der Waals surface area contributed by atoms with Crippen LogP contribution in [0.1, 0.15) is 16.0 Å². The minimum absolute atomic E-state index is 0.0411. The molecular weight excluding hydrogens is 213 g/mol. The summed E-state index contributed by atoms with van der Waals surface area (Å²) in [4.78, 5) is 9.17. The fraction of sp³-hybridized carbons (Fsp3) is 0.250. The number of nitro benzene ring substituents is 1. The average Bonchev–Trinajstić information content (AvgIpc) is 2.03. The van der Waals surface area contributed by atoms with Gasteiger partial charge < -0.3 is 0 Å². The zero-order valence-corrected chi connectivity index (χ0v) is 8.34. The van der Waals surface area contributed by atoms with Crippen molar-refractivity contribution in [2.45, 2.75) is 11.8 Å². The molecule has 1 rings (SSSR count). The fourth-order valence-electron chi connectivity index (χ4n) is 1.01. The predicted octanol–water partition coefficient (Wildman–Crippen LogP) is 3.38. The molecule has 5 heteroatoms. The number of nitro groups is 1. The monoisotopic (exact) mass is 219 g/mol. The summed E-state index contributed by atoms with van der Waals surface area (Å²) in [5, 5.41) is 10.5. The number of rotatable bonds is 2. The molecule has 0 atom stereocenters. The molecule has 0 fully saturated rings. The van der Waals surface area contributed by atoms with Crippen LogP contribution < -0.4 is 0 Å². The molecule has 0 radical (unpaired) electrons. The van der Waals surface area contributed by atoms with Crippen LogP contribution >= 0.6 is 23.2 Å². The van der Waals surface area contributed by atoms with Gasteiger partial charge in [-0.25, -0.2) is 0 Å². The number of hydrogen-bond acceptors (Lipinski definition) is 2. The van der Waals surface area contributed by atoms with Gasteiger partial charge >= 0.3 is 0 Å². The number of halogens is 2. The molecule has 0 aliphatic rings. The first-order valence-electron chi connectivity index (χ1n) is 3.55. The molecule has 0 aliphatic heterocycles. The van der Waals surface area contributed by atoms with Crippen molar-refractivity contribution in [1.29, 1.82) is 0 Å². The second kappa shape index (κ2) is 3.94. The van der Waals surface area contributed by atoms with E-state index in [1.54, 1.807) is 12.1 Å². The number of alkyl halides is 2. The summed E-state index contributed by atoms with van der Waals surface area (Å²) in [6.07, 6.45) is 0. The summed E-state index contributed by atoms with van der Waals surface area (Å²) in [5.74, 6) is 0. The van der Waals surface area contributed by atoms with Gasteiger partial charge in [0.2, 0.25) is 0 Å². The maximum absolute atomic E-state index is 10.5. The second-order valence-electron chi connectivity index (χ2n) is 2.62. The molecule has 0 aliphatic carbocycles. The summed E-state index contributed by atoms with van der Waals surface area (Å²) >= 11 is 11.2. The van der Waals surface area contributed by atoms with E-state index >= 15 is 0 Å². The molecule has 3 nitrogen and oxygen atoms in total. The van der Waals surface area contributed by atoms with Crippen LogP contribution in [-0.2, 0) is 0 Å². The summed E-state index contributed by atoms with van der Waals surface area (Å²) in [6.45, 7) is 1.82. The summed E-state index contributed by atoms with van der Waals surface area (Å²) in [7, 11) is 0. The minimum atomic E-state index is -0.861. The van der Waals surface area contributed by atoms with Gasteiger partial charge in [0.05, 0.1) is 10.5 Å². The molecule has 0 spiro atoms. The normalized spacial score (nSPS) is 10.5. The molecule has 0 saturated carbocycles. The van der Waals surface area contributed by atoms with Crippen molar-refractivity contribution in [3.05, 3.63) is 39.4 Å². The van der Waals surface area contributed by atoms with Gasteiger partial charge in [-0.15, -0.1) is 0 Å². The Morgan fingerprint density at radius 2 is 2.08 bits per heavy atom. The van der Waals surface area contributed by atoms with Crippen LogP contribution in [0.4, 0.5) is 5.69 Å². The fourth-order valence-corrected chi connectivity index (χ4v) is 1.36. The lowest BCUT2D eigenvalue weighted by Crippen LogP contribution is -1.95. The van der Waals surface area contributed by atoms with Crippen molar-refractivity contribution in [1.82, 2.24) is 0 Å². The van der Waals surface area contributed by atoms with E-state index in [4.69, 9.17) is 23.2 Å². The Kier molecular flexibility index (Phi) is 3.12. The molecule has 0 N–H and O–H groups in total. The Labute approximate surface area is 85.4 Å². The predicted molar refractivity (Wildman–Crippen MR) is 52.3 cm³/mol. The van der Waals surface area contributed by atoms with Gasteiger partial charge in [0.1, 0.15) is 4.84 Å². The summed E-state index contributed by atoms with van der Waals surface area (Å²) in [6, 6.07) is 4.67. The Bertz CT molecular complexity index is 339. The van der Waals surface area contributed by atoms with Crippen LogP contribution in [0.25, 0.3) is 0 Å². The lowest BCUT2D eigenvalue weighted by atomic mass is 10.1. The number of nitrogens with zero attached hydrogens (tertiary/aromatic N) is 1. The third-order valence-corrected chi connectivity index (χ3v) is 2.09. The Balaban J connectivity index is 3.26. The standard InChI is InChI=1S/C8H7Cl2NO2/c1-5-2-3-7(11(12)13)6(4-5)8(9)10/h2-4,8H,1H3. The van der Waals surface area contributed by atoms with Crippen LogP contribution in [0.3, 0.4) is 0 Å². The zero-order valence-electron chi connectivity index (χ0n) is 6.83. The first-order valence-corrected chi connectivity index (χ1v) is 4.42. The lowest BCUT2D eigenvalue weighted by molar-refractivity contribution is -0.385. The van der Waals surface area contributed by atoms with Crippen molar-refractivity contribution < 1.29 is 4.92 Å². The summed E-state index contributed by atoms with van der Waals surface area (Å²) in [5.41, 5.74) is 1.20. The van der Waals surface area contributed by atoms with Crippen molar-refractivity contribution in [3.63, 3.8) is 0 Å². The van der Waals surface area contributed by atoms with Crippen LogP contribution in [-0.4, -0.2) is 4.92 Å². The Hall–Kier alpha value is -0.800. The molecule has 1 aromatic rings. The third-order valence-electron chi connectivity index (χ3n) is 1.61. The van der Waals surface area contributed by atoms with Crippen LogP contribution in [0.5, 0.6) is 0 Å².